The highest BCUT2D eigenvalue weighted by atomic mass is 16.5. The van der Waals surface area contributed by atoms with E-state index >= 15 is 0 Å². The summed E-state index contributed by atoms with van der Waals surface area (Å²) in [5.74, 6) is -1.18. The van der Waals surface area contributed by atoms with Crippen LogP contribution < -0.4 is 5.32 Å². The molecule has 186 valence electrons. The summed E-state index contributed by atoms with van der Waals surface area (Å²) in [6.45, 7) is 4.66. The number of ether oxygens (including phenoxy) is 1. The highest BCUT2D eigenvalue weighted by molar-refractivity contribution is 5.81. The molecule has 1 atom stereocenters. The van der Waals surface area contributed by atoms with Crippen molar-refractivity contribution in [2.24, 2.45) is 11.8 Å². The van der Waals surface area contributed by atoms with Gasteiger partial charge in [-0.2, -0.15) is 0 Å². The third kappa shape index (κ3) is 6.02. The second-order valence-electron chi connectivity index (χ2n) is 9.94. The van der Waals surface area contributed by atoms with Gasteiger partial charge in [0.25, 0.3) is 0 Å². The number of rotatable bonds is 11. The number of hydrogen-bond donors (Lipinski definition) is 2. The number of benzene rings is 2. The van der Waals surface area contributed by atoms with E-state index in [4.69, 9.17) is 9.84 Å². The molecule has 0 heterocycles. The molecule has 35 heavy (non-hydrogen) atoms. The molecule has 0 spiro atoms. The van der Waals surface area contributed by atoms with Gasteiger partial charge in [0.05, 0.1) is 12.3 Å². The zero-order valence-corrected chi connectivity index (χ0v) is 20.4. The molecule has 2 N–H and O–H groups in total. The summed E-state index contributed by atoms with van der Waals surface area (Å²) < 4.78 is 5.62. The first-order valence-electron chi connectivity index (χ1n) is 12.5. The van der Waals surface area contributed by atoms with Crippen LogP contribution in [0.5, 0.6) is 0 Å². The fourth-order valence-electron chi connectivity index (χ4n) is 5.01. The minimum Gasteiger partial charge on any atom is -0.481 e. The van der Waals surface area contributed by atoms with Crippen LogP contribution in [0.15, 0.2) is 48.5 Å². The number of amides is 2. The molecule has 4 rings (SSSR count). The molecule has 0 bridgehead atoms. The third-order valence-electron chi connectivity index (χ3n) is 6.78. The maximum atomic E-state index is 13.3. The molecule has 2 aromatic carbocycles. The van der Waals surface area contributed by atoms with E-state index in [1.54, 1.807) is 4.90 Å². The van der Waals surface area contributed by atoms with Crippen LogP contribution in [0, 0.1) is 11.8 Å². The van der Waals surface area contributed by atoms with Gasteiger partial charge < -0.3 is 20.1 Å². The first-order chi connectivity index (χ1) is 16.8. The van der Waals surface area contributed by atoms with Crippen molar-refractivity contribution in [3.8, 4) is 11.1 Å². The van der Waals surface area contributed by atoms with Crippen LogP contribution >= 0.6 is 0 Å². The molecule has 0 aromatic heterocycles. The number of nitrogens with zero attached hydrogens (tertiary/aromatic N) is 1. The number of aliphatic carboxylic acids is 1. The molecule has 2 aliphatic rings. The Hall–Kier alpha value is -3.35. The summed E-state index contributed by atoms with van der Waals surface area (Å²) >= 11 is 0. The lowest BCUT2D eigenvalue weighted by Gasteiger charge is -2.28. The van der Waals surface area contributed by atoms with Crippen LogP contribution in [0.2, 0.25) is 0 Å². The number of fused-ring (bicyclic) bond motifs is 3. The van der Waals surface area contributed by atoms with E-state index in [1.807, 2.05) is 38.1 Å². The standard InChI is InChI=1S/C28H34N2O5/c1-18(2)15-19(27(33)30(20-11-12-20)14-13-26(31)32)16-29-28(34)35-17-25-23-9-5-3-7-21(23)22-8-4-6-10-24(22)25/h3-10,18-20,25H,11-17H2,1-2H3,(H,29,34)(H,31,32). The Morgan fingerprint density at radius 3 is 2.17 bits per heavy atom. The van der Waals surface area contributed by atoms with Crippen LogP contribution in [0.1, 0.15) is 56.6 Å². The fraction of sp³-hybridized carbons (Fsp3) is 0.464. The van der Waals surface area contributed by atoms with E-state index in [0.29, 0.717) is 6.42 Å². The number of carboxylic acids is 1. The molecule has 1 fully saturated rings. The second-order valence-corrected chi connectivity index (χ2v) is 9.94. The van der Waals surface area contributed by atoms with Gasteiger partial charge in [0.15, 0.2) is 0 Å². The Morgan fingerprint density at radius 2 is 1.63 bits per heavy atom. The van der Waals surface area contributed by atoms with Crippen LogP contribution in [0.25, 0.3) is 11.1 Å². The molecule has 2 aromatic rings. The number of carbonyl (C=O) groups is 3. The van der Waals surface area contributed by atoms with Crippen LogP contribution in [0.3, 0.4) is 0 Å². The Kier molecular flexibility index (Phi) is 7.73. The molecule has 1 saturated carbocycles. The lowest BCUT2D eigenvalue weighted by Crippen LogP contribution is -2.44. The summed E-state index contributed by atoms with van der Waals surface area (Å²) in [6.07, 6.45) is 1.80. The monoisotopic (exact) mass is 478 g/mol. The lowest BCUT2D eigenvalue weighted by molar-refractivity contribution is -0.140. The quantitative estimate of drug-likeness (QED) is 0.490. The van der Waals surface area contributed by atoms with Gasteiger partial charge in [-0.05, 0) is 47.4 Å². The molecule has 0 saturated heterocycles. The topological polar surface area (TPSA) is 95.9 Å². The van der Waals surface area contributed by atoms with Crippen molar-refractivity contribution in [2.45, 2.75) is 51.5 Å². The lowest BCUT2D eigenvalue weighted by atomic mass is 9.95. The van der Waals surface area contributed by atoms with Crippen molar-refractivity contribution in [3.05, 3.63) is 59.7 Å². The predicted molar refractivity (Wildman–Crippen MR) is 133 cm³/mol. The third-order valence-corrected chi connectivity index (χ3v) is 6.78. The van der Waals surface area contributed by atoms with E-state index < -0.39 is 18.0 Å². The Bertz CT molecular complexity index is 1030. The second kappa shape index (κ2) is 10.9. The summed E-state index contributed by atoms with van der Waals surface area (Å²) in [5, 5.41) is 11.9. The predicted octanol–water partition coefficient (Wildman–Crippen LogP) is 4.65. The first-order valence-corrected chi connectivity index (χ1v) is 12.5. The van der Waals surface area contributed by atoms with Gasteiger partial charge in [-0.15, -0.1) is 0 Å². The van der Waals surface area contributed by atoms with Crippen LogP contribution in [0.4, 0.5) is 4.79 Å². The zero-order chi connectivity index (χ0) is 24.9. The molecule has 1 unspecified atom stereocenters. The number of carbonyl (C=O) groups excluding carboxylic acids is 2. The maximum absolute atomic E-state index is 13.3. The normalized spacial score (nSPS) is 15.3. The molecule has 2 aliphatic carbocycles. The van der Waals surface area contributed by atoms with Crippen molar-refractivity contribution in [2.75, 3.05) is 19.7 Å². The van der Waals surface area contributed by atoms with Gasteiger partial charge in [0, 0.05) is 25.0 Å². The Morgan fingerprint density at radius 1 is 1.03 bits per heavy atom. The van der Waals surface area contributed by atoms with Crippen LogP contribution in [-0.2, 0) is 14.3 Å². The SMILES string of the molecule is CC(C)CC(CNC(=O)OCC1c2ccccc2-c2ccccc21)C(=O)N(CCC(=O)O)C1CC1. The zero-order valence-electron chi connectivity index (χ0n) is 20.4. The van der Waals surface area contributed by atoms with Crippen molar-refractivity contribution in [3.63, 3.8) is 0 Å². The average Bonchev–Trinajstić information content (AvgIpc) is 3.62. The first kappa shape index (κ1) is 24.8. The van der Waals surface area contributed by atoms with Gasteiger partial charge >= 0.3 is 12.1 Å². The van der Waals surface area contributed by atoms with E-state index in [0.717, 1.165) is 24.0 Å². The Labute approximate surface area is 206 Å². The number of carboxylic acid groups (broad SMARTS) is 1. The Balaban J connectivity index is 1.36. The average molecular weight is 479 g/mol. The van der Waals surface area contributed by atoms with Crippen molar-refractivity contribution >= 4 is 18.0 Å². The maximum Gasteiger partial charge on any atom is 0.407 e. The molecule has 0 radical (unpaired) electrons. The highest BCUT2D eigenvalue weighted by Crippen LogP contribution is 2.44. The van der Waals surface area contributed by atoms with Crippen molar-refractivity contribution in [1.82, 2.24) is 10.2 Å². The number of hydrogen-bond acceptors (Lipinski definition) is 4. The van der Waals surface area contributed by atoms with Gasteiger partial charge in [-0.1, -0.05) is 62.4 Å². The van der Waals surface area contributed by atoms with Gasteiger partial charge in [-0.3, -0.25) is 9.59 Å². The molecular weight excluding hydrogens is 444 g/mol. The largest absolute Gasteiger partial charge is 0.481 e. The van der Waals surface area contributed by atoms with Crippen molar-refractivity contribution < 1.29 is 24.2 Å². The molecule has 7 nitrogen and oxygen atoms in total. The van der Waals surface area contributed by atoms with Gasteiger partial charge in [0.2, 0.25) is 5.91 Å². The molecule has 2 amide bonds. The molecule has 7 heteroatoms. The van der Waals surface area contributed by atoms with Gasteiger partial charge in [-0.25, -0.2) is 4.79 Å². The van der Waals surface area contributed by atoms with Gasteiger partial charge in [0.1, 0.15) is 6.61 Å². The number of alkyl carbamates (subject to hydrolysis) is 1. The van der Waals surface area contributed by atoms with Crippen molar-refractivity contribution in [1.29, 1.82) is 0 Å². The smallest absolute Gasteiger partial charge is 0.407 e. The molecule has 0 aliphatic heterocycles. The van der Waals surface area contributed by atoms with E-state index in [-0.39, 0.29) is 49.9 Å². The van der Waals surface area contributed by atoms with E-state index in [2.05, 4.69) is 29.6 Å². The highest BCUT2D eigenvalue weighted by Gasteiger charge is 2.36. The molecular formula is C28H34N2O5. The van der Waals surface area contributed by atoms with E-state index in [1.165, 1.54) is 11.1 Å². The summed E-state index contributed by atoms with van der Waals surface area (Å²) in [5.41, 5.74) is 4.63. The summed E-state index contributed by atoms with van der Waals surface area (Å²) in [7, 11) is 0. The minimum absolute atomic E-state index is 0.0254. The van der Waals surface area contributed by atoms with E-state index in [9.17, 15) is 14.4 Å². The summed E-state index contributed by atoms with van der Waals surface area (Å²) in [4.78, 5) is 38.7. The fourth-order valence-corrected chi connectivity index (χ4v) is 5.01. The number of nitrogens with one attached hydrogen (secondary N) is 1. The summed E-state index contributed by atoms with van der Waals surface area (Å²) in [6, 6.07) is 16.5. The minimum atomic E-state index is -0.916. The van der Waals surface area contributed by atoms with Crippen LogP contribution in [-0.4, -0.2) is 53.7 Å².